The first-order valence-electron chi connectivity index (χ1n) is 3.63. The molecule has 0 rings (SSSR count). The Labute approximate surface area is 67.7 Å². The summed E-state index contributed by atoms with van der Waals surface area (Å²) in [4.78, 5) is 0. The molecule has 4 nitrogen and oxygen atoms in total. The molecule has 0 aromatic rings. The van der Waals surface area contributed by atoms with Crippen LogP contribution in [0.4, 0.5) is 0 Å². The summed E-state index contributed by atoms with van der Waals surface area (Å²) in [6.45, 7) is 4.80. The van der Waals surface area contributed by atoms with E-state index in [0.717, 1.165) is 0 Å². The van der Waals surface area contributed by atoms with E-state index in [4.69, 9.17) is 21.1 Å². The third-order valence-corrected chi connectivity index (χ3v) is 0.980. The van der Waals surface area contributed by atoms with Crippen molar-refractivity contribution in [3.05, 3.63) is 0 Å². The van der Waals surface area contributed by atoms with E-state index >= 15 is 0 Å². The molecule has 0 aliphatic heterocycles. The molecule has 0 radical (unpaired) electrons. The molecule has 0 aliphatic rings. The standard InChI is InChI=1S/C4H11NO.C3H8O2/c1-3-4(2,5)6;1-3(5)2-4/h6H,3,5H2,1-2H3;3-5H,2H2,1H3. The maximum Gasteiger partial charge on any atom is 0.110 e. The van der Waals surface area contributed by atoms with Gasteiger partial charge < -0.3 is 21.1 Å². The lowest BCUT2D eigenvalue weighted by Crippen LogP contribution is -2.34. The zero-order valence-electron chi connectivity index (χ0n) is 7.41. The number of aliphatic hydroxyl groups is 3. The molecular weight excluding hydrogens is 146 g/mol. The molecular formula is C7H19NO3. The van der Waals surface area contributed by atoms with Gasteiger partial charge in [-0.25, -0.2) is 0 Å². The van der Waals surface area contributed by atoms with E-state index in [1.807, 2.05) is 6.92 Å². The second kappa shape index (κ2) is 6.54. The Kier molecular flexibility index (Phi) is 7.99. The lowest BCUT2D eigenvalue weighted by molar-refractivity contribution is 0.0632. The van der Waals surface area contributed by atoms with Gasteiger partial charge in [0.05, 0.1) is 12.7 Å². The van der Waals surface area contributed by atoms with Crippen molar-refractivity contribution in [2.24, 2.45) is 5.73 Å². The first-order chi connectivity index (χ1) is 4.83. The summed E-state index contributed by atoms with van der Waals surface area (Å²) in [6.07, 6.45) is 0.0440. The van der Waals surface area contributed by atoms with Crippen LogP contribution in [0.15, 0.2) is 0 Å². The molecule has 0 saturated carbocycles. The average Bonchev–Trinajstić information content (AvgIpc) is 1.88. The molecule has 0 bridgehead atoms. The van der Waals surface area contributed by atoms with Crippen LogP contribution in [0.5, 0.6) is 0 Å². The van der Waals surface area contributed by atoms with Gasteiger partial charge in [-0.3, -0.25) is 0 Å². The van der Waals surface area contributed by atoms with E-state index in [0.29, 0.717) is 6.42 Å². The summed E-state index contributed by atoms with van der Waals surface area (Å²) < 4.78 is 0. The van der Waals surface area contributed by atoms with Crippen LogP contribution in [0, 0.1) is 0 Å². The molecule has 0 amide bonds. The molecule has 70 valence electrons. The fourth-order valence-corrected chi connectivity index (χ4v) is 0. The van der Waals surface area contributed by atoms with Gasteiger partial charge in [-0.15, -0.1) is 0 Å². The fourth-order valence-electron chi connectivity index (χ4n) is 0. The second-order valence-corrected chi connectivity index (χ2v) is 2.74. The number of nitrogens with two attached hydrogens (primary N) is 1. The zero-order chi connectivity index (χ0) is 9.49. The molecule has 0 heterocycles. The van der Waals surface area contributed by atoms with Crippen LogP contribution in [-0.2, 0) is 0 Å². The number of hydrogen-bond donors (Lipinski definition) is 4. The quantitative estimate of drug-likeness (QED) is 0.412. The molecule has 0 spiro atoms. The molecule has 11 heavy (non-hydrogen) atoms. The topological polar surface area (TPSA) is 86.7 Å². The average molecular weight is 165 g/mol. The third-order valence-electron chi connectivity index (χ3n) is 0.980. The minimum atomic E-state index is -0.958. The summed E-state index contributed by atoms with van der Waals surface area (Å²) in [5.41, 5.74) is 4.13. The highest BCUT2D eigenvalue weighted by Gasteiger charge is 2.06. The molecule has 5 N–H and O–H groups in total. The summed E-state index contributed by atoms with van der Waals surface area (Å²) in [5.74, 6) is 0. The van der Waals surface area contributed by atoms with Gasteiger partial charge in [0.25, 0.3) is 0 Å². The van der Waals surface area contributed by atoms with Gasteiger partial charge in [-0.1, -0.05) is 6.92 Å². The Morgan fingerprint density at radius 3 is 1.73 bits per heavy atom. The molecule has 0 aliphatic carbocycles. The van der Waals surface area contributed by atoms with E-state index in [9.17, 15) is 0 Å². The SMILES string of the molecule is CC(O)CO.CCC(C)(N)O. The summed E-state index contributed by atoms with van der Waals surface area (Å²) in [6, 6.07) is 0. The van der Waals surface area contributed by atoms with Crippen molar-refractivity contribution in [1.29, 1.82) is 0 Å². The van der Waals surface area contributed by atoms with Crippen molar-refractivity contribution in [3.63, 3.8) is 0 Å². The highest BCUT2D eigenvalue weighted by atomic mass is 16.3. The van der Waals surface area contributed by atoms with Gasteiger partial charge in [0, 0.05) is 0 Å². The van der Waals surface area contributed by atoms with E-state index < -0.39 is 11.8 Å². The van der Waals surface area contributed by atoms with Crippen molar-refractivity contribution in [1.82, 2.24) is 0 Å². The lowest BCUT2D eigenvalue weighted by Gasteiger charge is -2.11. The van der Waals surface area contributed by atoms with Crippen molar-refractivity contribution in [2.75, 3.05) is 6.61 Å². The molecule has 0 aromatic carbocycles. The minimum absolute atomic E-state index is 0.139. The maximum atomic E-state index is 8.60. The van der Waals surface area contributed by atoms with Crippen LogP contribution in [-0.4, -0.2) is 33.8 Å². The minimum Gasteiger partial charge on any atom is -0.394 e. The highest BCUT2D eigenvalue weighted by molar-refractivity contribution is 4.56. The monoisotopic (exact) mass is 165 g/mol. The van der Waals surface area contributed by atoms with Gasteiger partial charge >= 0.3 is 0 Å². The van der Waals surface area contributed by atoms with Crippen molar-refractivity contribution in [3.8, 4) is 0 Å². The third kappa shape index (κ3) is 25.8. The summed E-state index contributed by atoms with van der Waals surface area (Å²) in [7, 11) is 0. The smallest absolute Gasteiger partial charge is 0.110 e. The fraction of sp³-hybridized carbons (Fsp3) is 1.00. The van der Waals surface area contributed by atoms with Crippen LogP contribution in [0.25, 0.3) is 0 Å². The lowest BCUT2D eigenvalue weighted by atomic mass is 10.2. The number of aliphatic hydroxyl groups excluding tert-OH is 2. The van der Waals surface area contributed by atoms with Crippen molar-refractivity contribution >= 4 is 0 Å². The van der Waals surface area contributed by atoms with Gasteiger partial charge in [-0.2, -0.15) is 0 Å². The van der Waals surface area contributed by atoms with Crippen LogP contribution in [0.2, 0.25) is 0 Å². The van der Waals surface area contributed by atoms with Crippen molar-refractivity contribution in [2.45, 2.75) is 39.0 Å². The predicted molar refractivity (Wildman–Crippen MR) is 43.9 cm³/mol. The second-order valence-electron chi connectivity index (χ2n) is 2.74. The van der Waals surface area contributed by atoms with E-state index in [1.54, 1.807) is 6.92 Å². The maximum absolute atomic E-state index is 8.60. The molecule has 0 saturated heterocycles. The van der Waals surface area contributed by atoms with E-state index in [-0.39, 0.29) is 6.61 Å². The molecule has 2 unspecified atom stereocenters. The zero-order valence-corrected chi connectivity index (χ0v) is 7.41. The van der Waals surface area contributed by atoms with Crippen molar-refractivity contribution < 1.29 is 15.3 Å². The Morgan fingerprint density at radius 2 is 1.73 bits per heavy atom. The Hall–Kier alpha value is -0.160. The van der Waals surface area contributed by atoms with Crippen LogP contribution in [0.3, 0.4) is 0 Å². The Morgan fingerprint density at radius 1 is 1.55 bits per heavy atom. The summed E-state index contributed by atoms with van der Waals surface area (Å²) >= 11 is 0. The Bertz CT molecular complexity index is 78.2. The molecule has 0 aromatic heterocycles. The highest BCUT2D eigenvalue weighted by Crippen LogP contribution is 1.94. The normalized spacial score (nSPS) is 17.7. The van der Waals surface area contributed by atoms with Gasteiger partial charge in [0.1, 0.15) is 5.72 Å². The van der Waals surface area contributed by atoms with Gasteiger partial charge in [0.15, 0.2) is 0 Å². The molecule has 0 fully saturated rings. The first kappa shape index (κ1) is 13.4. The van der Waals surface area contributed by atoms with Gasteiger partial charge in [-0.05, 0) is 20.3 Å². The van der Waals surface area contributed by atoms with Gasteiger partial charge in [0.2, 0.25) is 0 Å². The van der Waals surface area contributed by atoms with E-state index in [1.165, 1.54) is 6.92 Å². The van der Waals surface area contributed by atoms with Crippen LogP contribution >= 0.6 is 0 Å². The number of hydrogen-bond acceptors (Lipinski definition) is 4. The van der Waals surface area contributed by atoms with Crippen LogP contribution in [0.1, 0.15) is 27.2 Å². The van der Waals surface area contributed by atoms with E-state index in [2.05, 4.69) is 0 Å². The number of rotatable bonds is 2. The predicted octanol–water partition coefficient (Wildman–Crippen LogP) is -0.577. The summed E-state index contributed by atoms with van der Waals surface area (Å²) in [5, 5.41) is 24.6. The van der Waals surface area contributed by atoms with Crippen LogP contribution < -0.4 is 5.73 Å². The first-order valence-corrected chi connectivity index (χ1v) is 3.63. The molecule has 2 atom stereocenters. The Balaban J connectivity index is 0. The largest absolute Gasteiger partial charge is 0.394 e. The molecule has 4 heteroatoms.